The van der Waals surface area contributed by atoms with Crippen LogP contribution in [0.4, 0.5) is 0 Å². The summed E-state index contributed by atoms with van der Waals surface area (Å²) in [6.07, 6.45) is 1.84. The minimum atomic E-state index is -0.245. The van der Waals surface area contributed by atoms with Gasteiger partial charge in [0.25, 0.3) is 0 Å². The Balaban J connectivity index is 1.60. The summed E-state index contributed by atoms with van der Waals surface area (Å²) in [6, 6.07) is 12.8. The number of carbonyl (C=O) groups is 1. The van der Waals surface area contributed by atoms with Crippen molar-refractivity contribution in [1.82, 2.24) is 19.5 Å². The number of pyridine rings is 1. The number of nitrogens with zero attached hydrogens (tertiary/aromatic N) is 3. The monoisotopic (exact) mass is 354 g/mol. The van der Waals surface area contributed by atoms with Crippen LogP contribution in [-0.2, 0) is 11.3 Å². The average Bonchev–Trinajstić information content (AvgIpc) is 2.97. The molecule has 26 heavy (non-hydrogen) atoms. The highest BCUT2D eigenvalue weighted by molar-refractivity contribution is 5.76. The molecule has 1 aromatic carbocycles. The lowest BCUT2D eigenvalue weighted by Gasteiger charge is -2.15. The third-order valence-electron chi connectivity index (χ3n) is 4.09. The van der Waals surface area contributed by atoms with Crippen LogP contribution in [0.2, 0.25) is 0 Å². The Bertz CT molecular complexity index is 961. The highest BCUT2D eigenvalue weighted by atomic mass is 16.5. The van der Waals surface area contributed by atoms with Crippen molar-refractivity contribution in [3.63, 3.8) is 0 Å². The Morgan fingerprint density at radius 3 is 2.88 bits per heavy atom. The Hall–Kier alpha value is -3.09. The van der Waals surface area contributed by atoms with E-state index in [0.29, 0.717) is 12.3 Å². The predicted octanol–water partition coefficient (Wildman–Crippen LogP) is 2.16. The molecular weight excluding hydrogens is 332 g/mol. The van der Waals surface area contributed by atoms with Gasteiger partial charge in [-0.15, -0.1) is 5.10 Å². The van der Waals surface area contributed by atoms with Crippen LogP contribution in [0.3, 0.4) is 0 Å². The lowest BCUT2D eigenvalue weighted by Crippen LogP contribution is -2.29. The number of hydrogen-bond donors (Lipinski definition) is 1. The van der Waals surface area contributed by atoms with Crippen LogP contribution in [0, 0.1) is 0 Å². The second kappa shape index (κ2) is 7.86. The molecule has 1 atom stereocenters. The van der Waals surface area contributed by atoms with Crippen molar-refractivity contribution in [3.8, 4) is 5.75 Å². The summed E-state index contributed by atoms with van der Waals surface area (Å²) in [5, 5.41) is 7.17. The van der Waals surface area contributed by atoms with E-state index in [4.69, 9.17) is 4.74 Å². The number of ether oxygens (including phenoxy) is 1. The molecule has 0 fully saturated rings. The van der Waals surface area contributed by atoms with E-state index in [1.165, 1.54) is 9.08 Å². The van der Waals surface area contributed by atoms with Gasteiger partial charge in [-0.3, -0.25) is 9.20 Å². The summed E-state index contributed by atoms with van der Waals surface area (Å²) in [5.41, 5.74) is 1.29. The minimum Gasteiger partial charge on any atom is -0.494 e. The maximum Gasteiger partial charge on any atom is 0.350 e. The number of nitrogens with one attached hydrogen (secondary N) is 1. The van der Waals surface area contributed by atoms with Crippen molar-refractivity contribution in [2.75, 3.05) is 6.61 Å². The molecular formula is C19H22N4O3. The molecule has 7 nitrogen and oxygen atoms in total. The van der Waals surface area contributed by atoms with E-state index in [-0.39, 0.29) is 30.6 Å². The van der Waals surface area contributed by atoms with Crippen molar-refractivity contribution < 1.29 is 9.53 Å². The van der Waals surface area contributed by atoms with Crippen LogP contribution < -0.4 is 15.7 Å². The first-order valence-electron chi connectivity index (χ1n) is 8.65. The topological polar surface area (TPSA) is 77.6 Å². The summed E-state index contributed by atoms with van der Waals surface area (Å²) in [4.78, 5) is 24.4. The first-order chi connectivity index (χ1) is 12.6. The standard InChI is InChI=1S/C19H22N4O3/c1-3-26-16-8-6-7-15(13-16)14(2)20-18(24)10-12-23-19(25)22-11-5-4-9-17(22)21-23/h4-9,11,13-14H,3,10,12H2,1-2H3,(H,20,24). The van der Waals surface area contributed by atoms with Crippen molar-refractivity contribution >= 4 is 11.6 Å². The summed E-state index contributed by atoms with van der Waals surface area (Å²) >= 11 is 0. The number of benzene rings is 1. The van der Waals surface area contributed by atoms with Crippen LogP contribution >= 0.6 is 0 Å². The molecule has 1 amide bonds. The van der Waals surface area contributed by atoms with Crippen LogP contribution in [0.15, 0.2) is 53.5 Å². The fourth-order valence-corrected chi connectivity index (χ4v) is 2.76. The van der Waals surface area contributed by atoms with Crippen molar-refractivity contribution in [2.45, 2.75) is 32.9 Å². The molecule has 2 heterocycles. The van der Waals surface area contributed by atoms with Crippen LogP contribution in [0.25, 0.3) is 5.65 Å². The van der Waals surface area contributed by atoms with Gasteiger partial charge in [0, 0.05) is 12.6 Å². The largest absolute Gasteiger partial charge is 0.494 e. The predicted molar refractivity (Wildman–Crippen MR) is 98.2 cm³/mol. The minimum absolute atomic E-state index is 0.136. The molecule has 2 aromatic heterocycles. The lowest BCUT2D eigenvalue weighted by atomic mass is 10.1. The van der Waals surface area contributed by atoms with Crippen LogP contribution in [0.5, 0.6) is 5.75 Å². The smallest absolute Gasteiger partial charge is 0.350 e. The highest BCUT2D eigenvalue weighted by Gasteiger charge is 2.12. The van der Waals surface area contributed by atoms with Gasteiger partial charge in [0.1, 0.15) is 5.75 Å². The van der Waals surface area contributed by atoms with Crippen molar-refractivity contribution in [2.24, 2.45) is 0 Å². The lowest BCUT2D eigenvalue weighted by molar-refractivity contribution is -0.122. The number of carbonyl (C=O) groups excluding carboxylic acids is 1. The van der Waals surface area contributed by atoms with Crippen molar-refractivity contribution in [1.29, 1.82) is 0 Å². The van der Waals surface area contributed by atoms with Crippen LogP contribution in [0.1, 0.15) is 31.9 Å². The first kappa shape index (κ1) is 17.7. The van der Waals surface area contributed by atoms with E-state index in [0.717, 1.165) is 11.3 Å². The normalized spacial score (nSPS) is 12.1. The molecule has 0 radical (unpaired) electrons. The number of aryl methyl sites for hydroxylation is 1. The molecule has 1 N–H and O–H groups in total. The fourth-order valence-electron chi connectivity index (χ4n) is 2.76. The molecule has 0 spiro atoms. The van der Waals surface area contributed by atoms with Gasteiger partial charge in [-0.1, -0.05) is 18.2 Å². The SMILES string of the molecule is CCOc1cccc(C(C)NC(=O)CCn2nc3ccccn3c2=O)c1. The summed E-state index contributed by atoms with van der Waals surface area (Å²) in [6.45, 7) is 4.68. The van der Waals surface area contributed by atoms with Gasteiger partial charge in [0.05, 0.1) is 19.2 Å². The second-order valence-electron chi connectivity index (χ2n) is 5.98. The number of fused-ring (bicyclic) bond motifs is 1. The first-order valence-corrected chi connectivity index (χ1v) is 8.65. The molecule has 136 valence electrons. The molecule has 0 saturated heterocycles. The molecule has 1 unspecified atom stereocenters. The summed E-state index contributed by atoms with van der Waals surface area (Å²) in [7, 11) is 0. The molecule has 3 aromatic rings. The summed E-state index contributed by atoms with van der Waals surface area (Å²) in [5.74, 6) is 0.644. The molecule has 0 aliphatic heterocycles. The van der Waals surface area contributed by atoms with E-state index in [2.05, 4.69) is 10.4 Å². The second-order valence-corrected chi connectivity index (χ2v) is 5.98. The third kappa shape index (κ3) is 3.93. The maximum absolute atomic E-state index is 12.2. The molecule has 0 bridgehead atoms. The number of amides is 1. The zero-order chi connectivity index (χ0) is 18.5. The van der Waals surface area contributed by atoms with E-state index in [1.54, 1.807) is 18.3 Å². The van der Waals surface area contributed by atoms with Gasteiger partial charge in [0.15, 0.2) is 5.65 Å². The van der Waals surface area contributed by atoms with E-state index in [9.17, 15) is 9.59 Å². The zero-order valence-corrected chi connectivity index (χ0v) is 14.9. The van der Waals surface area contributed by atoms with E-state index >= 15 is 0 Å². The van der Waals surface area contributed by atoms with Gasteiger partial charge in [-0.2, -0.15) is 0 Å². The molecule has 0 aliphatic rings. The molecule has 0 aliphatic carbocycles. The van der Waals surface area contributed by atoms with Gasteiger partial charge >= 0.3 is 5.69 Å². The van der Waals surface area contributed by atoms with Gasteiger partial charge < -0.3 is 10.1 Å². The highest BCUT2D eigenvalue weighted by Crippen LogP contribution is 2.19. The summed E-state index contributed by atoms with van der Waals surface area (Å²) < 4.78 is 8.26. The Labute approximate surface area is 151 Å². The van der Waals surface area contributed by atoms with Gasteiger partial charge in [0.2, 0.25) is 5.91 Å². The molecule has 7 heteroatoms. The Kier molecular flexibility index (Phi) is 5.36. The number of hydrogen-bond acceptors (Lipinski definition) is 4. The quantitative estimate of drug-likeness (QED) is 0.705. The van der Waals surface area contributed by atoms with Gasteiger partial charge in [-0.25, -0.2) is 9.48 Å². The maximum atomic E-state index is 12.2. The van der Waals surface area contributed by atoms with Crippen LogP contribution in [-0.4, -0.2) is 26.7 Å². The average molecular weight is 354 g/mol. The number of aromatic nitrogens is 3. The molecule has 3 rings (SSSR count). The molecule has 0 saturated carbocycles. The fraction of sp³-hybridized carbons (Fsp3) is 0.316. The Morgan fingerprint density at radius 2 is 2.12 bits per heavy atom. The van der Waals surface area contributed by atoms with E-state index < -0.39 is 0 Å². The zero-order valence-electron chi connectivity index (χ0n) is 14.9. The number of rotatable bonds is 7. The third-order valence-corrected chi connectivity index (χ3v) is 4.09. The van der Waals surface area contributed by atoms with Gasteiger partial charge in [-0.05, 0) is 43.7 Å². The van der Waals surface area contributed by atoms with Crippen molar-refractivity contribution in [3.05, 3.63) is 64.7 Å². The van der Waals surface area contributed by atoms with E-state index in [1.807, 2.05) is 44.2 Å². The Morgan fingerprint density at radius 1 is 1.27 bits per heavy atom.